The number of amides is 4. The standard InChI is InChI=1S/C12H22N4O5/c1-12(2,10(20)14-3)6-15-11(21)16-7(9(18)19)4-5-8(13)17/h7H,4-6H2,1-3H3,(H2,13,17)(H,14,20)(H,18,19)(H2,15,16,21)/t7-/m1/s1. The Bertz CT molecular complexity index is 422. The quantitative estimate of drug-likeness (QED) is 0.380. The number of primary amides is 1. The fourth-order valence-corrected chi connectivity index (χ4v) is 1.47. The Balaban J connectivity index is 4.42. The molecule has 0 aliphatic rings. The van der Waals surface area contributed by atoms with E-state index in [0.29, 0.717) is 0 Å². The van der Waals surface area contributed by atoms with E-state index in [1.807, 2.05) is 0 Å². The lowest BCUT2D eigenvalue weighted by Crippen LogP contribution is -2.50. The highest BCUT2D eigenvalue weighted by Crippen LogP contribution is 2.12. The normalized spacial score (nSPS) is 12.1. The van der Waals surface area contributed by atoms with Gasteiger partial charge >= 0.3 is 12.0 Å². The Morgan fingerprint density at radius 1 is 1.24 bits per heavy atom. The summed E-state index contributed by atoms with van der Waals surface area (Å²) in [4.78, 5) is 44.7. The number of aliphatic carboxylic acids is 1. The summed E-state index contributed by atoms with van der Waals surface area (Å²) in [5, 5.41) is 16.0. The van der Waals surface area contributed by atoms with Crippen molar-refractivity contribution in [1.82, 2.24) is 16.0 Å². The van der Waals surface area contributed by atoms with E-state index in [2.05, 4.69) is 16.0 Å². The van der Waals surface area contributed by atoms with Crippen LogP contribution in [0.5, 0.6) is 0 Å². The lowest BCUT2D eigenvalue weighted by Gasteiger charge is -2.23. The summed E-state index contributed by atoms with van der Waals surface area (Å²) in [6, 6.07) is -1.95. The third-order valence-corrected chi connectivity index (χ3v) is 2.82. The van der Waals surface area contributed by atoms with E-state index < -0.39 is 29.4 Å². The Morgan fingerprint density at radius 2 is 1.81 bits per heavy atom. The molecule has 0 aliphatic heterocycles. The predicted molar refractivity (Wildman–Crippen MR) is 74.2 cm³/mol. The van der Waals surface area contributed by atoms with Crippen molar-refractivity contribution in [2.45, 2.75) is 32.7 Å². The SMILES string of the molecule is CNC(=O)C(C)(C)CNC(=O)N[C@H](CCC(N)=O)C(=O)O. The lowest BCUT2D eigenvalue weighted by atomic mass is 9.92. The van der Waals surface area contributed by atoms with E-state index in [4.69, 9.17) is 10.8 Å². The molecule has 0 unspecified atom stereocenters. The maximum atomic E-state index is 11.6. The molecule has 1 atom stereocenters. The van der Waals surface area contributed by atoms with Crippen LogP contribution >= 0.6 is 0 Å². The maximum Gasteiger partial charge on any atom is 0.326 e. The Morgan fingerprint density at radius 3 is 2.24 bits per heavy atom. The molecule has 21 heavy (non-hydrogen) atoms. The second-order valence-corrected chi connectivity index (χ2v) is 5.19. The predicted octanol–water partition coefficient (Wildman–Crippen LogP) is -1.22. The molecule has 0 aliphatic carbocycles. The van der Waals surface area contributed by atoms with Crippen molar-refractivity contribution in [2.75, 3.05) is 13.6 Å². The second-order valence-electron chi connectivity index (χ2n) is 5.19. The number of nitrogens with two attached hydrogens (primary N) is 1. The molecule has 9 nitrogen and oxygen atoms in total. The monoisotopic (exact) mass is 302 g/mol. The van der Waals surface area contributed by atoms with Gasteiger partial charge in [0.25, 0.3) is 0 Å². The van der Waals surface area contributed by atoms with Crippen LogP contribution in [0.2, 0.25) is 0 Å². The summed E-state index contributed by atoms with van der Waals surface area (Å²) < 4.78 is 0. The van der Waals surface area contributed by atoms with Crippen molar-refractivity contribution < 1.29 is 24.3 Å². The summed E-state index contributed by atoms with van der Waals surface area (Å²) in [7, 11) is 1.48. The van der Waals surface area contributed by atoms with Gasteiger partial charge in [-0.15, -0.1) is 0 Å². The smallest absolute Gasteiger partial charge is 0.326 e. The van der Waals surface area contributed by atoms with Crippen LogP contribution in [0.25, 0.3) is 0 Å². The van der Waals surface area contributed by atoms with Crippen molar-refractivity contribution in [3.8, 4) is 0 Å². The number of carboxylic acids is 1. The van der Waals surface area contributed by atoms with Crippen LogP contribution in [0.15, 0.2) is 0 Å². The van der Waals surface area contributed by atoms with E-state index in [1.165, 1.54) is 7.05 Å². The van der Waals surface area contributed by atoms with Gasteiger partial charge in [0, 0.05) is 20.0 Å². The molecule has 0 bridgehead atoms. The third-order valence-electron chi connectivity index (χ3n) is 2.82. The molecule has 0 rings (SSSR count). The highest BCUT2D eigenvalue weighted by molar-refractivity contribution is 5.85. The topological polar surface area (TPSA) is 151 Å². The molecule has 0 aromatic rings. The van der Waals surface area contributed by atoms with Crippen LogP contribution in [-0.2, 0) is 14.4 Å². The van der Waals surface area contributed by atoms with E-state index in [1.54, 1.807) is 13.8 Å². The van der Waals surface area contributed by atoms with Crippen LogP contribution in [-0.4, -0.2) is 48.6 Å². The van der Waals surface area contributed by atoms with Gasteiger partial charge in [-0.25, -0.2) is 9.59 Å². The first-order valence-corrected chi connectivity index (χ1v) is 6.38. The number of carbonyl (C=O) groups excluding carboxylic acids is 3. The van der Waals surface area contributed by atoms with Crippen LogP contribution in [0.4, 0.5) is 4.79 Å². The fraction of sp³-hybridized carbons (Fsp3) is 0.667. The third kappa shape index (κ3) is 7.14. The first-order chi connectivity index (χ1) is 9.60. The highest BCUT2D eigenvalue weighted by Gasteiger charge is 2.28. The minimum absolute atomic E-state index is 0.0284. The minimum atomic E-state index is -1.27. The summed E-state index contributed by atoms with van der Waals surface area (Å²) >= 11 is 0. The maximum absolute atomic E-state index is 11.6. The molecule has 9 heteroatoms. The van der Waals surface area contributed by atoms with Gasteiger partial charge in [0.2, 0.25) is 11.8 Å². The van der Waals surface area contributed by atoms with Gasteiger partial charge in [-0.2, -0.15) is 0 Å². The Hall–Kier alpha value is -2.32. The molecule has 0 aromatic carbocycles. The summed E-state index contributed by atoms with van der Waals surface area (Å²) in [5.41, 5.74) is 4.10. The van der Waals surface area contributed by atoms with Gasteiger partial charge in [-0.05, 0) is 20.3 Å². The van der Waals surface area contributed by atoms with Crippen LogP contribution in [0.1, 0.15) is 26.7 Å². The first-order valence-electron chi connectivity index (χ1n) is 6.38. The second kappa shape index (κ2) is 8.08. The highest BCUT2D eigenvalue weighted by atomic mass is 16.4. The largest absolute Gasteiger partial charge is 0.480 e. The summed E-state index contributed by atoms with van der Waals surface area (Å²) in [6.07, 6.45) is -0.252. The Labute approximate surface area is 122 Å². The zero-order valence-corrected chi connectivity index (χ0v) is 12.4. The molecule has 120 valence electrons. The van der Waals surface area contributed by atoms with Crippen LogP contribution in [0, 0.1) is 5.41 Å². The average Bonchev–Trinajstić information content (AvgIpc) is 2.39. The number of hydrogen-bond donors (Lipinski definition) is 5. The number of urea groups is 1. The number of hydrogen-bond acceptors (Lipinski definition) is 4. The average molecular weight is 302 g/mol. The van der Waals surface area contributed by atoms with Crippen molar-refractivity contribution in [3.63, 3.8) is 0 Å². The van der Waals surface area contributed by atoms with Crippen molar-refractivity contribution in [2.24, 2.45) is 11.1 Å². The molecule has 0 aromatic heterocycles. The number of rotatable bonds is 8. The van der Waals surface area contributed by atoms with Gasteiger partial charge < -0.3 is 26.8 Å². The Kier molecular flexibility index (Phi) is 7.18. The molecule has 0 heterocycles. The summed E-state index contributed by atoms with van der Waals surface area (Å²) in [6.45, 7) is 3.29. The van der Waals surface area contributed by atoms with Gasteiger partial charge in [-0.1, -0.05) is 0 Å². The van der Waals surface area contributed by atoms with Crippen molar-refractivity contribution in [3.05, 3.63) is 0 Å². The molecule has 0 saturated heterocycles. The minimum Gasteiger partial charge on any atom is -0.480 e. The molecule has 0 radical (unpaired) electrons. The molecule has 0 spiro atoms. The van der Waals surface area contributed by atoms with E-state index in [-0.39, 0.29) is 25.3 Å². The van der Waals surface area contributed by atoms with Crippen molar-refractivity contribution >= 4 is 23.8 Å². The number of carbonyl (C=O) groups is 4. The molecule has 0 saturated carbocycles. The first kappa shape index (κ1) is 18.7. The fourth-order valence-electron chi connectivity index (χ4n) is 1.47. The van der Waals surface area contributed by atoms with E-state index in [9.17, 15) is 19.2 Å². The van der Waals surface area contributed by atoms with Gasteiger partial charge in [0.1, 0.15) is 6.04 Å². The lowest BCUT2D eigenvalue weighted by molar-refractivity contribution is -0.139. The molecular formula is C12H22N4O5. The van der Waals surface area contributed by atoms with Crippen LogP contribution in [0.3, 0.4) is 0 Å². The van der Waals surface area contributed by atoms with Gasteiger partial charge in [0.05, 0.1) is 5.41 Å². The number of nitrogens with one attached hydrogen (secondary N) is 3. The zero-order chi connectivity index (χ0) is 16.6. The zero-order valence-electron chi connectivity index (χ0n) is 12.4. The van der Waals surface area contributed by atoms with E-state index in [0.717, 1.165) is 0 Å². The van der Waals surface area contributed by atoms with Crippen molar-refractivity contribution in [1.29, 1.82) is 0 Å². The summed E-state index contributed by atoms with van der Waals surface area (Å²) in [5.74, 6) is -2.17. The molecule has 4 amide bonds. The molecule has 6 N–H and O–H groups in total. The van der Waals surface area contributed by atoms with Gasteiger partial charge in [0.15, 0.2) is 0 Å². The number of carboxylic acid groups (broad SMARTS) is 1. The van der Waals surface area contributed by atoms with Gasteiger partial charge in [-0.3, -0.25) is 9.59 Å². The molecule has 0 fully saturated rings. The van der Waals surface area contributed by atoms with E-state index >= 15 is 0 Å². The van der Waals surface area contributed by atoms with Crippen LogP contribution < -0.4 is 21.7 Å². The molecular weight excluding hydrogens is 280 g/mol.